The Bertz CT molecular complexity index is 887. The molecule has 1 aliphatic heterocycles. The van der Waals surface area contributed by atoms with Gasteiger partial charge in [0.1, 0.15) is 12.0 Å². The number of nitrogens with zero attached hydrogens (tertiary/aromatic N) is 2. The van der Waals surface area contributed by atoms with Crippen molar-refractivity contribution in [3.05, 3.63) is 22.7 Å². The van der Waals surface area contributed by atoms with E-state index in [0.717, 1.165) is 0 Å². The molecule has 2 heterocycles. The van der Waals surface area contributed by atoms with Crippen LogP contribution in [0.5, 0.6) is 0 Å². The smallest absolute Gasteiger partial charge is 0.383 e. The molecular weight excluding hydrogens is 451 g/mol. The molecule has 1 fully saturated rings. The molecule has 0 saturated carbocycles. The van der Waals surface area contributed by atoms with Gasteiger partial charge in [-0.05, 0) is 30.7 Å². The van der Waals surface area contributed by atoms with Crippen molar-refractivity contribution in [1.82, 2.24) is 9.55 Å². The van der Waals surface area contributed by atoms with Crippen LogP contribution in [0.15, 0.2) is 17.1 Å². The fraction of sp³-hybridized carbons (Fsp3) is 0.556. The van der Waals surface area contributed by atoms with Crippen molar-refractivity contribution in [1.29, 1.82) is 0 Å². The van der Waals surface area contributed by atoms with Crippen molar-refractivity contribution < 1.29 is 46.6 Å². The summed E-state index contributed by atoms with van der Waals surface area (Å²) < 4.78 is 41.2. The van der Waals surface area contributed by atoms with Crippen molar-refractivity contribution in [2.75, 3.05) is 12.3 Å². The quantitative estimate of drug-likeness (QED) is 0.318. The van der Waals surface area contributed by atoms with Crippen LogP contribution in [0.3, 0.4) is 0 Å². The average Bonchev–Trinajstić information content (AvgIpc) is 2.90. The molecular formula is C9H16N3O11P3S. The largest absolute Gasteiger partial charge is 0.488 e. The minimum atomic E-state index is -5.37. The number of hydrogen-bond donors (Lipinski definition) is 5. The summed E-state index contributed by atoms with van der Waals surface area (Å²) in [6.07, 6.45) is 0.859. The summed E-state index contributed by atoms with van der Waals surface area (Å²) in [7, 11) is -10.7. The highest BCUT2D eigenvalue weighted by Gasteiger charge is 2.39. The molecule has 2 rings (SSSR count). The topological polar surface area (TPSA) is 213 Å². The van der Waals surface area contributed by atoms with Gasteiger partial charge in [0.15, 0.2) is 0 Å². The van der Waals surface area contributed by atoms with Gasteiger partial charge in [0.2, 0.25) is 0 Å². The van der Waals surface area contributed by atoms with E-state index >= 15 is 0 Å². The number of ether oxygens (including phenoxy) is 1. The van der Waals surface area contributed by atoms with E-state index in [4.69, 9.17) is 24.8 Å². The molecule has 0 bridgehead atoms. The van der Waals surface area contributed by atoms with E-state index in [9.17, 15) is 23.7 Å². The number of rotatable bonds is 8. The average molecular weight is 467 g/mol. The maximum Gasteiger partial charge on any atom is 0.488 e. The van der Waals surface area contributed by atoms with Crippen molar-refractivity contribution in [3.8, 4) is 0 Å². The van der Waals surface area contributed by atoms with Crippen LogP contribution >= 0.6 is 22.4 Å². The van der Waals surface area contributed by atoms with E-state index in [1.54, 1.807) is 0 Å². The second-order valence-corrected chi connectivity index (χ2v) is 11.0. The van der Waals surface area contributed by atoms with Gasteiger partial charge in [0.25, 0.3) is 0 Å². The fourth-order valence-corrected chi connectivity index (χ4v) is 6.13. The first kappa shape index (κ1) is 22.8. The zero-order valence-corrected chi connectivity index (χ0v) is 16.8. The lowest BCUT2D eigenvalue weighted by molar-refractivity contribution is -0.0217. The third-order valence-corrected chi connectivity index (χ3v) is 7.81. The van der Waals surface area contributed by atoms with Crippen LogP contribution in [-0.4, -0.2) is 41.8 Å². The lowest BCUT2D eigenvalue weighted by Crippen LogP contribution is -2.27. The Morgan fingerprint density at radius 2 is 1.96 bits per heavy atom. The molecule has 1 aromatic heterocycles. The van der Waals surface area contributed by atoms with E-state index in [0.29, 0.717) is 12.8 Å². The Labute approximate surface area is 157 Å². The summed E-state index contributed by atoms with van der Waals surface area (Å²) in [6.45, 7) is -4.76. The molecule has 27 heavy (non-hydrogen) atoms. The van der Waals surface area contributed by atoms with Gasteiger partial charge in [0, 0.05) is 6.20 Å². The molecule has 6 N–H and O–H groups in total. The number of anilines is 1. The molecule has 0 radical (unpaired) electrons. The van der Waals surface area contributed by atoms with Crippen LogP contribution in [0.25, 0.3) is 0 Å². The molecule has 4 atom stereocenters. The van der Waals surface area contributed by atoms with Crippen LogP contribution in [-0.2, 0) is 38.8 Å². The van der Waals surface area contributed by atoms with Gasteiger partial charge in [0.05, 0.1) is 12.7 Å². The number of nitrogen functional groups attached to an aromatic ring is 1. The Kier molecular flexibility index (Phi) is 7.13. The van der Waals surface area contributed by atoms with Gasteiger partial charge in [-0.15, -0.1) is 0 Å². The molecule has 1 aromatic rings. The lowest BCUT2D eigenvalue weighted by atomic mass is 10.2. The minimum Gasteiger partial charge on any atom is -0.383 e. The maximum atomic E-state index is 11.8. The van der Waals surface area contributed by atoms with Crippen LogP contribution in [0.2, 0.25) is 0 Å². The van der Waals surface area contributed by atoms with Gasteiger partial charge in [-0.25, -0.2) is 18.2 Å². The van der Waals surface area contributed by atoms with E-state index < -0.39 is 40.4 Å². The summed E-state index contributed by atoms with van der Waals surface area (Å²) in [5, 5.41) is 0. The monoisotopic (exact) mass is 467 g/mol. The van der Waals surface area contributed by atoms with E-state index in [1.165, 1.54) is 16.8 Å². The van der Waals surface area contributed by atoms with Crippen molar-refractivity contribution in [2.45, 2.75) is 25.2 Å². The Hall–Kier alpha value is -0.530. The molecule has 1 aliphatic rings. The Morgan fingerprint density at radius 3 is 2.56 bits per heavy atom. The van der Waals surface area contributed by atoms with Crippen LogP contribution in [0.1, 0.15) is 19.1 Å². The fourth-order valence-electron chi connectivity index (χ4n) is 2.14. The summed E-state index contributed by atoms with van der Waals surface area (Å²) in [5.41, 5.74) is 4.78. The molecule has 1 saturated heterocycles. The Morgan fingerprint density at radius 1 is 1.30 bits per heavy atom. The first-order valence-corrected chi connectivity index (χ1v) is 12.7. The summed E-state index contributed by atoms with van der Waals surface area (Å²) >= 11 is 4.50. The minimum absolute atomic E-state index is 0.0539. The van der Waals surface area contributed by atoms with Gasteiger partial charge >= 0.3 is 28.1 Å². The van der Waals surface area contributed by atoms with Crippen LogP contribution < -0.4 is 11.4 Å². The molecule has 14 nitrogen and oxygen atoms in total. The predicted octanol–water partition coefficient (Wildman–Crippen LogP) is -0.0372. The predicted molar refractivity (Wildman–Crippen MR) is 92.5 cm³/mol. The summed E-state index contributed by atoms with van der Waals surface area (Å²) in [6, 6.07) is 1.41. The number of nitrogens with two attached hydrogens (primary N) is 1. The maximum absolute atomic E-state index is 11.8. The first-order chi connectivity index (χ1) is 12.3. The van der Waals surface area contributed by atoms with E-state index in [1.807, 2.05) is 0 Å². The molecule has 0 aromatic carbocycles. The highest BCUT2D eigenvalue weighted by molar-refractivity contribution is 8.08. The van der Waals surface area contributed by atoms with E-state index in [-0.39, 0.29) is 12.4 Å². The van der Waals surface area contributed by atoms with Crippen LogP contribution in [0, 0.1) is 0 Å². The van der Waals surface area contributed by atoms with Gasteiger partial charge in [-0.2, -0.15) is 9.29 Å². The van der Waals surface area contributed by atoms with Crippen LogP contribution in [0.4, 0.5) is 5.82 Å². The zero-order chi connectivity index (χ0) is 20.5. The third kappa shape index (κ3) is 7.42. The molecule has 154 valence electrons. The van der Waals surface area contributed by atoms with Crippen molar-refractivity contribution in [3.63, 3.8) is 0 Å². The number of hydrogen-bond acceptors (Lipinski definition) is 10. The highest BCUT2D eigenvalue weighted by Crippen LogP contribution is 2.66. The van der Waals surface area contributed by atoms with Gasteiger partial charge in [-0.1, -0.05) is 0 Å². The highest BCUT2D eigenvalue weighted by atomic mass is 32.5. The third-order valence-electron chi connectivity index (χ3n) is 3.09. The summed E-state index contributed by atoms with van der Waals surface area (Å²) in [5.74, 6) is 0.0539. The van der Waals surface area contributed by atoms with Crippen molar-refractivity contribution in [2.24, 2.45) is 0 Å². The summed E-state index contributed by atoms with van der Waals surface area (Å²) in [4.78, 5) is 51.3. The second-order valence-electron chi connectivity index (χ2n) is 5.22. The standard InChI is InChI=1S/C9H16N3O11P3S/c10-7-3-4-12(9(13)11-7)8-2-1-6(21-8)5-20-26(19,27)23-25(17,18)22-24(14,15)16/h3-4,6,8H,1-2,5H2,(H,17,18)(H,19,27)(H2,10,11,13)(H2,14,15,16)/t6-,8+,26?/m0/s1. The second kappa shape index (κ2) is 8.46. The lowest BCUT2D eigenvalue weighted by Gasteiger charge is -2.21. The van der Waals surface area contributed by atoms with E-state index in [2.05, 4.69) is 25.4 Å². The molecule has 2 unspecified atom stereocenters. The zero-order valence-electron chi connectivity index (χ0n) is 13.3. The number of aromatic nitrogens is 2. The van der Waals surface area contributed by atoms with Gasteiger partial charge in [-0.3, -0.25) is 4.57 Å². The SMILES string of the molecule is Nc1ccn([C@H]2CC[C@@H](COP(O)(=S)OP(=O)(O)OP(=O)(O)O)O2)c(=O)n1. The van der Waals surface area contributed by atoms with Gasteiger partial charge < -0.3 is 34.6 Å². The first-order valence-electron chi connectivity index (χ1n) is 7.05. The molecule has 0 aliphatic carbocycles. The normalized spacial score (nSPS) is 25.0. The number of phosphoric acid groups is 2. The molecule has 0 amide bonds. The van der Waals surface area contributed by atoms with Crippen molar-refractivity contribution >= 4 is 40.0 Å². The Balaban J connectivity index is 1.91. The molecule has 18 heteroatoms. The molecule has 0 spiro atoms.